The number of piperidine rings is 1. The van der Waals surface area contributed by atoms with Crippen LogP contribution in [0.25, 0.3) is 0 Å². The number of sulfone groups is 1. The van der Waals surface area contributed by atoms with Gasteiger partial charge < -0.3 is 14.4 Å². The number of carbonyl (C=O) groups is 1. The standard InChI is InChI=1S/C32H37N3O5S/c1-23-4-3-5-24(2)31(23)32(36)35-14-12-26(13-15-35)34-18-16-33(17-19-34)21-25-6-8-27(9-7-25)41(37,38)28-10-11-29-30(20-28)40-22-39-29/h3-11,20,26H,12-19,21-22H2,1-2H3. The average Bonchev–Trinajstić information content (AvgIpc) is 3.46. The van der Waals surface area contributed by atoms with Crippen LogP contribution in [0, 0.1) is 13.8 Å². The van der Waals surface area contributed by atoms with E-state index in [1.165, 1.54) is 6.07 Å². The lowest BCUT2D eigenvalue weighted by Gasteiger charge is -2.43. The van der Waals surface area contributed by atoms with Crippen molar-refractivity contribution < 1.29 is 22.7 Å². The molecule has 0 saturated carbocycles. The van der Waals surface area contributed by atoms with Gasteiger partial charge in [-0.1, -0.05) is 30.3 Å². The Labute approximate surface area is 242 Å². The molecule has 0 N–H and O–H groups in total. The Balaban J connectivity index is 0.993. The smallest absolute Gasteiger partial charge is 0.254 e. The van der Waals surface area contributed by atoms with Gasteiger partial charge in [-0.05, 0) is 67.6 Å². The number of aryl methyl sites for hydroxylation is 2. The van der Waals surface area contributed by atoms with Crippen LogP contribution in [0.15, 0.2) is 70.5 Å². The van der Waals surface area contributed by atoms with Gasteiger partial charge in [-0.3, -0.25) is 14.6 Å². The maximum Gasteiger partial charge on any atom is 0.254 e. The zero-order valence-electron chi connectivity index (χ0n) is 23.7. The van der Waals surface area contributed by atoms with Gasteiger partial charge in [0.05, 0.1) is 9.79 Å². The molecule has 0 spiro atoms. The highest BCUT2D eigenvalue weighted by atomic mass is 32.2. The van der Waals surface area contributed by atoms with E-state index in [0.29, 0.717) is 17.5 Å². The summed E-state index contributed by atoms with van der Waals surface area (Å²) in [6.45, 7) is 10.5. The minimum Gasteiger partial charge on any atom is -0.454 e. The van der Waals surface area contributed by atoms with Crippen LogP contribution < -0.4 is 9.47 Å². The van der Waals surface area contributed by atoms with Crippen molar-refractivity contribution in [2.45, 2.75) is 49.1 Å². The van der Waals surface area contributed by atoms with E-state index >= 15 is 0 Å². The highest BCUT2D eigenvalue weighted by molar-refractivity contribution is 7.91. The molecule has 3 heterocycles. The zero-order chi connectivity index (χ0) is 28.6. The number of nitrogens with zero attached hydrogens (tertiary/aromatic N) is 3. The number of benzene rings is 3. The number of hydrogen-bond donors (Lipinski definition) is 0. The Morgan fingerprint density at radius 3 is 2.12 bits per heavy atom. The molecule has 0 atom stereocenters. The van der Waals surface area contributed by atoms with Crippen molar-refractivity contribution >= 4 is 15.7 Å². The fourth-order valence-corrected chi connectivity index (χ4v) is 7.52. The van der Waals surface area contributed by atoms with Crippen molar-refractivity contribution in [1.82, 2.24) is 14.7 Å². The molecule has 6 rings (SSSR count). The summed E-state index contributed by atoms with van der Waals surface area (Å²) in [5, 5.41) is 0. The number of carbonyl (C=O) groups excluding carboxylic acids is 1. The van der Waals surface area contributed by atoms with Gasteiger partial charge in [0.15, 0.2) is 11.5 Å². The first-order valence-corrected chi connectivity index (χ1v) is 15.8. The Morgan fingerprint density at radius 1 is 0.805 bits per heavy atom. The lowest BCUT2D eigenvalue weighted by molar-refractivity contribution is 0.0467. The largest absolute Gasteiger partial charge is 0.454 e. The molecule has 0 aromatic heterocycles. The summed E-state index contributed by atoms with van der Waals surface area (Å²) in [6, 6.07) is 18.5. The summed E-state index contributed by atoms with van der Waals surface area (Å²) in [7, 11) is -3.64. The summed E-state index contributed by atoms with van der Waals surface area (Å²) in [4.78, 5) is 20.7. The van der Waals surface area contributed by atoms with E-state index in [2.05, 4.69) is 9.80 Å². The number of amides is 1. The fraction of sp³-hybridized carbons (Fsp3) is 0.406. The van der Waals surface area contributed by atoms with E-state index < -0.39 is 9.84 Å². The van der Waals surface area contributed by atoms with E-state index in [0.717, 1.165) is 80.9 Å². The third-order valence-corrected chi connectivity index (χ3v) is 10.4. The van der Waals surface area contributed by atoms with Gasteiger partial charge in [0.25, 0.3) is 5.91 Å². The molecule has 0 unspecified atom stereocenters. The van der Waals surface area contributed by atoms with Crippen LogP contribution in [0.4, 0.5) is 0 Å². The van der Waals surface area contributed by atoms with Crippen molar-refractivity contribution in [1.29, 1.82) is 0 Å². The number of likely N-dealkylation sites (tertiary alicyclic amines) is 1. The van der Waals surface area contributed by atoms with Crippen molar-refractivity contribution in [3.63, 3.8) is 0 Å². The minimum absolute atomic E-state index is 0.107. The quantitative estimate of drug-likeness (QED) is 0.434. The molecule has 0 radical (unpaired) electrons. The van der Waals surface area contributed by atoms with E-state index in [1.807, 2.05) is 49.1 Å². The van der Waals surface area contributed by atoms with E-state index in [4.69, 9.17) is 9.47 Å². The summed E-state index contributed by atoms with van der Waals surface area (Å²) < 4.78 is 36.9. The third kappa shape index (κ3) is 5.71. The molecule has 2 saturated heterocycles. The maximum atomic E-state index is 13.2. The number of rotatable bonds is 6. The lowest BCUT2D eigenvalue weighted by atomic mass is 9.98. The van der Waals surface area contributed by atoms with Gasteiger partial charge in [-0.15, -0.1) is 0 Å². The normalized spacial score (nSPS) is 18.5. The van der Waals surface area contributed by atoms with Crippen molar-refractivity contribution in [2.24, 2.45) is 0 Å². The zero-order valence-corrected chi connectivity index (χ0v) is 24.5. The first-order chi connectivity index (χ1) is 19.8. The van der Waals surface area contributed by atoms with Crippen LogP contribution in [-0.4, -0.2) is 81.1 Å². The van der Waals surface area contributed by atoms with Crippen molar-refractivity contribution in [3.05, 3.63) is 82.9 Å². The van der Waals surface area contributed by atoms with Gasteiger partial charge in [-0.2, -0.15) is 0 Å². The van der Waals surface area contributed by atoms with Gasteiger partial charge in [0.2, 0.25) is 16.6 Å². The predicted molar refractivity (Wildman–Crippen MR) is 156 cm³/mol. The van der Waals surface area contributed by atoms with Crippen LogP contribution in [0.5, 0.6) is 11.5 Å². The second-order valence-electron chi connectivity index (χ2n) is 11.3. The second kappa shape index (κ2) is 11.5. The summed E-state index contributed by atoms with van der Waals surface area (Å²) in [5.41, 5.74) is 4.06. The molecular formula is C32H37N3O5S. The Hall–Kier alpha value is -3.40. The topological polar surface area (TPSA) is 79.4 Å². The molecule has 8 nitrogen and oxygen atoms in total. The SMILES string of the molecule is Cc1cccc(C)c1C(=O)N1CCC(N2CCN(Cc3ccc(S(=O)(=O)c4ccc5c(c4)OCO5)cc3)CC2)CC1. The van der Waals surface area contributed by atoms with E-state index in [1.54, 1.807) is 24.3 Å². The maximum absolute atomic E-state index is 13.2. The van der Waals surface area contributed by atoms with Gasteiger partial charge >= 0.3 is 0 Å². The monoisotopic (exact) mass is 575 g/mol. The first-order valence-electron chi connectivity index (χ1n) is 14.4. The van der Waals surface area contributed by atoms with Crippen LogP contribution in [0.3, 0.4) is 0 Å². The molecule has 3 aliphatic rings. The number of piperazine rings is 1. The third-order valence-electron chi connectivity index (χ3n) is 8.66. The molecule has 2 fully saturated rings. The molecule has 3 aromatic rings. The predicted octanol–water partition coefficient (Wildman–Crippen LogP) is 4.29. The van der Waals surface area contributed by atoms with Crippen LogP contribution in [0.1, 0.15) is 39.9 Å². The van der Waals surface area contributed by atoms with Crippen LogP contribution in [0.2, 0.25) is 0 Å². The van der Waals surface area contributed by atoms with Gasteiger partial charge in [0.1, 0.15) is 0 Å². The molecule has 3 aromatic carbocycles. The molecule has 0 aliphatic carbocycles. The molecule has 216 valence electrons. The summed E-state index contributed by atoms with van der Waals surface area (Å²) in [6.07, 6.45) is 2.02. The van der Waals surface area contributed by atoms with E-state index in [-0.39, 0.29) is 22.5 Å². The molecule has 3 aliphatic heterocycles. The molecule has 9 heteroatoms. The molecular weight excluding hydrogens is 538 g/mol. The summed E-state index contributed by atoms with van der Waals surface area (Å²) >= 11 is 0. The average molecular weight is 576 g/mol. The van der Waals surface area contributed by atoms with Crippen LogP contribution >= 0.6 is 0 Å². The number of ether oxygens (including phenoxy) is 2. The fourth-order valence-electron chi connectivity index (χ4n) is 6.24. The highest BCUT2D eigenvalue weighted by Gasteiger charge is 2.30. The second-order valence-corrected chi connectivity index (χ2v) is 13.2. The molecule has 41 heavy (non-hydrogen) atoms. The van der Waals surface area contributed by atoms with Crippen molar-refractivity contribution in [3.8, 4) is 11.5 Å². The molecule has 0 bridgehead atoms. The van der Waals surface area contributed by atoms with Crippen molar-refractivity contribution in [2.75, 3.05) is 46.1 Å². The Bertz CT molecular complexity index is 1500. The lowest BCUT2D eigenvalue weighted by Crippen LogP contribution is -2.53. The summed E-state index contributed by atoms with van der Waals surface area (Å²) in [5.74, 6) is 1.19. The van der Waals surface area contributed by atoms with Gasteiger partial charge in [-0.25, -0.2) is 8.42 Å². The number of fused-ring (bicyclic) bond motifs is 1. The highest BCUT2D eigenvalue weighted by Crippen LogP contribution is 2.35. The number of hydrogen-bond acceptors (Lipinski definition) is 7. The van der Waals surface area contributed by atoms with E-state index in [9.17, 15) is 13.2 Å². The Kier molecular flexibility index (Phi) is 7.76. The minimum atomic E-state index is -3.64. The molecule has 1 amide bonds. The van der Waals surface area contributed by atoms with Crippen LogP contribution in [-0.2, 0) is 16.4 Å². The Morgan fingerprint density at radius 2 is 1.44 bits per heavy atom. The first kappa shape index (κ1) is 27.8. The van der Waals surface area contributed by atoms with Gasteiger partial charge in [0, 0.05) is 63.5 Å².